The summed E-state index contributed by atoms with van der Waals surface area (Å²) in [5, 5.41) is 0. The summed E-state index contributed by atoms with van der Waals surface area (Å²) in [4.78, 5) is 27.8. The standard InChI is InChI=1S/C14H17N3.2C8H10N4.Os/c1-3-17(4-2)12-8-10-16-14(11-12)13-7-5-6-9-15-13;2*1-11-5-3-9-7(11)8-10-4-6-12(8)2;/h5-11H,3-4H2,1-2H3;2*3-6H,1-2H3;. The summed E-state index contributed by atoms with van der Waals surface area (Å²) in [5.74, 6) is 3.56. The molecule has 220 valence electrons. The number of hydrogen-bond acceptors (Lipinski definition) is 7. The van der Waals surface area contributed by atoms with E-state index in [-0.39, 0.29) is 19.8 Å². The minimum Gasteiger partial charge on any atom is -0.372 e. The predicted molar refractivity (Wildman–Crippen MR) is 162 cm³/mol. The Labute approximate surface area is 260 Å². The molecule has 12 heteroatoms. The van der Waals surface area contributed by atoms with Crippen molar-refractivity contribution in [1.29, 1.82) is 0 Å². The van der Waals surface area contributed by atoms with Gasteiger partial charge < -0.3 is 23.2 Å². The second-order valence-electron chi connectivity index (χ2n) is 9.23. The van der Waals surface area contributed by atoms with Gasteiger partial charge in [0, 0.05) is 129 Å². The van der Waals surface area contributed by atoms with Gasteiger partial charge in [0.25, 0.3) is 0 Å². The third-order valence-electron chi connectivity index (χ3n) is 6.48. The molecule has 0 aromatic carbocycles. The molecule has 0 unspecified atom stereocenters. The summed E-state index contributed by atoms with van der Waals surface area (Å²) in [7, 11) is 7.82. The molecule has 11 nitrogen and oxygen atoms in total. The quantitative estimate of drug-likeness (QED) is 0.246. The first-order chi connectivity index (χ1) is 19.9. The maximum absolute atomic E-state index is 4.37. The average molecular weight is 742 g/mol. The predicted octanol–water partition coefficient (Wildman–Crippen LogP) is 4.63. The Morgan fingerprint density at radius 3 is 1.29 bits per heavy atom. The Kier molecular flexibility index (Phi) is 11.9. The Morgan fingerprint density at radius 2 is 0.952 bits per heavy atom. The van der Waals surface area contributed by atoms with Gasteiger partial charge in [-0.05, 0) is 38.1 Å². The molecule has 0 saturated carbocycles. The SMILES string of the molecule is CCN(CC)c1ccnc(-c2ccccn2)c1.Cn1ccnc1-c1nccn1C.Cn1ccnc1-c1nccn1C.[Os]. The molecule has 6 rings (SSSR count). The molecule has 0 aliphatic rings. The Bertz CT molecular complexity index is 1470. The summed E-state index contributed by atoms with van der Waals surface area (Å²) in [6, 6.07) is 10.0. The monoisotopic (exact) mass is 743 g/mol. The maximum Gasteiger partial charge on any atom is 0.176 e. The van der Waals surface area contributed by atoms with Gasteiger partial charge in [0.15, 0.2) is 23.3 Å². The van der Waals surface area contributed by atoms with Crippen molar-refractivity contribution in [3.8, 4) is 34.7 Å². The van der Waals surface area contributed by atoms with Crippen molar-refractivity contribution in [3.05, 3.63) is 92.3 Å². The van der Waals surface area contributed by atoms with Crippen molar-refractivity contribution in [2.24, 2.45) is 28.2 Å². The molecular formula is C30H37N11Os. The number of nitrogens with zero attached hydrogens (tertiary/aromatic N) is 11. The Balaban J connectivity index is 0.000000175. The molecule has 0 bridgehead atoms. The van der Waals surface area contributed by atoms with Crippen LogP contribution in [0.5, 0.6) is 0 Å². The first-order valence-electron chi connectivity index (χ1n) is 13.4. The molecule has 0 atom stereocenters. The van der Waals surface area contributed by atoms with E-state index in [1.165, 1.54) is 5.69 Å². The largest absolute Gasteiger partial charge is 0.372 e. The third-order valence-corrected chi connectivity index (χ3v) is 6.48. The molecule has 0 saturated heterocycles. The van der Waals surface area contributed by atoms with Crippen LogP contribution in [0.3, 0.4) is 0 Å². The van der Waals surface area contributed by atoms with Crippen LogP contribution in [0.4, 0.5) is 5.69 Å². The van der Waals surface area contributed by atoms with Gasteiger partial charge in [-0.2, -0.15) is 0 Å². The number of aryl methyl sites for hydroxylation is 4. The van der Waals surface area contributed by atoms with E-state index in [9.17, 15) is 0 Å². The van der Waals surface area contributed by atoms with Crippen LogP contribution in [-0.2, 0) is 48.0 Å². The zero-order valence-corrected chi connectivity index (χ0v) is 27.4. The van der Waals surface area contributed by atoms with E-state index >= 15 is 0 Å². The van der Waals surface area contributed by atoms with Gasteiger partial charge in [-0.3, -0.25) is 9.97 Å². The number of aromatic nitrogens is 10. The number of pyridine rings is 2. The van der Waals surface area contributed by atoms with Gasteiger partial charge in [0.05, 0.1) is 11.4 Å². The smallest absolute Gasteiger partial charge is 0.176 e. The molecule has 0 aliphatic carbocycles. The Hall–Kier alpha value is -4.42. The molecule has 6 aromatic heterocycles. The fraction of sp³-hybridized carbons (Fsp3) is 0.267. The van der Waals surface area contributed by atoms with E-state index < -0.39 is 0 Å². The summed E-state index contributed by atoms with van der Waals surface area (Å²) < 4.78 is 7.79. The maximum atomic E-state index is 4.37. The minimum absolute atomic E-state index is 0. The zero-order chi connectivity index (χ0) is 29.2. The van der Waals surface area contributed by atoms with Crippen molar-refractivity contribution < 1.29 is 19.8 Å². The van der Waals surface area contributed by atoms with E-state index in [0.29, 0.717) is 0 Å². The topological polar surface area (TPSA) is 100 Å². The molecule has 0 radical (unpaired) electrons. The molecule has 6 aromatic rings. The van der Waals surface area contributed by atoms with Crippen LogP contribution in [0, 0.1) is 0 Å². The average Bonchev–Trinajstić information content (AvgIpc) is 3.80. The molecule has 42 heavy (non-hydrogen) atoms. The van der Waals surface area contributed by atoms with Gasteiger partial charge in [-0.15, -0.1) is 0 Å². The summed E-state index contributed by atoms with van der Waals surface area (Å²) in [6.45, 7) is 6.32. The van der Waals surface area contributed by atoms with Gasteiger partial charge in [-0.25, -0.2) is 19.9 Å². The van der Waals surface area contributed by atoms with Crippen molar-refractivity contribution in [2.75, 3.05) is 18.0 Å². The fourth-order valence-corrected chi connectivity index (χ4v) is 4.18. The van der Waals surface area contributed by atoms with Crippen LogP contribution < -0.4 is 4.90 Å². The van der Waals surface area contributed by atoms with Crippen LogP contribution in [0.2, 0.25) is 0 Å². The number of anilines is 1. The van der Waals surface area contributed by atoms with Crippen molar-refractivity contribution >= 4 is 5.69 Å². The normalized spacial score (nSPS) is 10.1. The number of imidazole rings is 4. The Morgan fingerprint density at radius 1 is 0.524 bits per heavy atom. The summed E-state index contributed by atoms with van der Waals surface area (Å²) in [5.41, 5.74) is 3.04. The van der Waals surface area contributed by atoms with Gasteiger partial charge >= 0.3 is 0 Å². The van der Waals surface area contributed by atoms with Crippen LogP contribution in [0.1, 0.15) is 13.8 Å². The molecule has 0 fully saturated rings. The second kappa shape index (κ2) is 15.5. The van der Waals surface area contributed by atoms with E-state index in [2.05, 4.69) is 54.7 Å². The van der Waals surface area contributed by atoms with E-state index in [1.807, 2.05) is 102 Å². The first-order valence-corrected chi connectivity index (χ1v) is 13.4. The molecule has 0 N–H and O–H groups in total. The number of rotatable bonds is 6. The number of hydrogen-bond donors (Lipinski definition) is 0. The fourth-order valence-electron chi connectivity index (χ4n) is 4.18. The zero-order valence-electron chi connectivity index (χ0n) is 24.8. The molecule has 0 spiro atoms. The van der Waals surface area contributed by atoms with Gasteiger partial charge in [0.2, 0.25) is 0 Å². The first kappa shape index (κ1) is 32.1. The summed E-state index contributed by atoms with van der Waals surface area (Å²) >= 11 is 0. The van der Waals surface area contributed by atoms with E-state index in [1.54, 1.807) is 31.0 Å². The molecule has 6 heterocycles. The second-order valence-corrected chi connectivity index (χ2v) is 9.23. The van der Waals surface area contributed by atoms with Gasteiger partial charge in [0.1, 0.15) is 0 Å². The molecule has 0 amide bonds. The van der Waals surface area contributed by atoms with Crippen molar-refractivity contribution in [2.45, 2.75) is 13.8 Å². The van der Waals surface area contributed by atoms with Crippen molar-refractivity contribution in [1.82, 2.24) is 48.2 Å². The van der Waals surface area contributed by atoms with Gasteiger partial charge in [-0.1, -0.05) is 6.07 Å². The molecule has 0 aliphatic heterocycles. The van der Waals surface area contributed by atoms with Crippen molar-refractivity contribution in [3.63, 3.8) is 0 Å². The third kappa shape index (κ3) is 7.86. The van der Waals surface area contributed by atoms with Crippen LogP contribution in [0.25, 0.3) is 34.7 Å². The summed E-state index contributed by atoms with van der Waals surface area (Å²) in [6.07, 6.45) is 18.3. The molecular weight excluding hydrogens is 705 g/mol. The van der Waals surface area contributed by atoms with E-state index in [4.69, 9.17) is 0 Å². The van der Waals surface area contributed by atoms with Crippen LogP contribution >= 0.6 is 0 Å². The van der Waals surface area contributed by atoms with Crippen LogP contribution in [0.15, 0.2) is 92.3 Å². The van der Waals surface area contributed by atoms with Crippen LogP contribution in [-0.4, -0.2) is 61.3 Å². The minimum atomic E-state index is 0. The van der Waals surface area contributed by atoms with E-state index in [0.717, 1.165) is 47.8 Å².